The molecular formula is C8H12N2O2. The molecule has 0 aromatic carbocycles. The van der Waals surface area contributed by atoms with E-state index in [2.05, 4.69) is 10.2 Å². The molecule has 0 spiro atoms. The molecule has 4 heteroatoms. The predicted molar refractivity (Wildman–Crippen MR) is 42.7 cm³/mol. The minimum absolute atomic E-state index is 0.0432. The number of rotatable bonds is 4. The van der Waals surface area contributed by atoms with Gasteiger partial charge >= 0.3 is 0 Å². The van der Waals surface area contributed by atoms with Crippen LogP contribution >= 0.6 is 0 Å². The van der Waals surface area contributed by atoms with Gasteiger partial charge in [-0.1, -0.05) is 6.92 Å². The van der Waals surface area contributed by atoms with Gasteiger partial charge in [0.05, 0.1) is 6.42 Å². The number of nitrogens with zero attached hydrogens (tertiary/aromatic N) is 2. The first-order valence-corrected chi connectivity index (χ1v) is 4.03. The van der Waals surface area contributed by atoms with Crippen molar-refractivity contribution in [3.05, 3.63) is 11.8 Å². The van der Waals surface area contributed by atoms with Gasteiger partial charge in [0.15, 0.2) is 0 Å². The summed E-state index contributed by atoms with van der Waals surface area (Å²) in [6.45, 7) is 3.54. The van der Waals surface area contributed by atoms with Gasteiger partial charge in [-0.25, -0.2) is 0 Å². The number of carbonyl (C=O) groups excluding carboxylic acids is 1. The molecule has 0 aliphatic carbocycles. The first-order chi connectivity index (χ1) is 5.72. The molecule has 1 aromatic rings. The van der Waals surface area contributed by atoms with Crippen molar-refractivity contribution in [3.63, 3.8) is 0 Å². The van der Waals surface area contributed by atoms with Gasteiger partial charge in [-0.15, -0.1) is 10.2 Å². The standard InChI is InChI=1S/C8H12N2O2/c1-3-4-7-9-10-8(12-7)5-6(2)11/h3-5H2,1-2H3. The summed E-state index contributed by atoms with van der Waals surface area (Å²) in [6.07, 6.45) is 2.00. The number of hydrogen-bond acceptors (Lipinski definition) is 4. The highest BCUT2D eigenvalue weighted by molar-refractivity contribution is 5.77. The summed E-state index contributed by atoms with van der Waals surface area (Å²) in [5, 5.41) is 7.53. The molecule has 0 fully saturated rings. The van der Waals surface area contributed by atoms with Gasteiger partial charge in [-0.05, 0) is 13.3 Å². The van der Waals surface area contributed by atoms with Gasteiger partial charge < -0.3 is 4.42 Å². The molecule has 12 heavy (non-hydrogen) atoms. The topological polar surface area (TPSA) is 56.0 Å². The van der Waals surface area contributed by atoms with E-state index in [4.69, 9.17) is 4.42 Å². The molecule has 0 N–H and O–H groups in total. The van der Waals surface area contributed by atoms with E-state index in [1.54, 1.807) is 0 Å². The minimum Gasteiger partial charge on any atom is -0.425 e. The molecule has 0 bridgehead atoms. The van der Waals surface area contributed by atoms with E-state index in [1.165, 1.54) is 6.92 Å². The summed E-state index contributed by atoms with van der Waals surface area (Å²) in [5.74, 6) is 1.08. The molecule has 1 heterocycles. The summed E-state index contributed by atoms with van der Waals surface area (Å²) in [5.41, 5.74) is 0. The SMILES string of the molecule is CCCc1nnc(CC(C)=O)o1. The number of Topliss-reactive ketones (excluding diaryl/α,β-unsaturated/α-hetero) is 1. The maximum Gasteiger partial charge on any atom is 0.223 e. The van der Waals surface area contributed by atoms with Crippen LogP contribution < -0.4 is 0 Å². The number of carbonyl (C=O) groups is 1. The summed E-state index contributed by atoms with van der Waals surface area (Å²) in [7, 11) is 0. The average Bonchev–Trinajstić information content (AvgIpc) is 2.36. The summed E-state index contributed by atoms with van der Waals surface area (Å²) in [4.78, 5) is 10.7. The zero-order valence-corrected chi connectivity index (χ0v) is 7.33. The van der Waals surface area contributed by atoms with Crippen LogP contribution in [0.4, 0.5) is 0 Å². The zero-order chi connectivity index (χ0) is 8.97. The normalized spacial score (nSPS) is 10.2. The Bertz CT molecular complexity index is 268. The number of aromatic nitrogens is 2. The Labute approximate surface area is 71.0 Å². The van der Waals surface area contributed by atoms with E-state index in [-0.39, 0.29) is 12.2 Å². The summed E-state index contributed by atoms with van der Waals surface area (Å²) in [6, 6.07) is 0. The lowest BCUT2D eigenvalue weighted by Gasteiger charge is -1.87. The molecule has 4 nitrogen and oxygen atoms in total. The third kappa shape index (κ3) is 2.45. The highest BCUT2D eigenvalue weighted by atomic mass is 16.4. The van der Waals surface area contributed by atoms with Crippen LogP contribution in [0.25, 0.3) is 0 Å². The fourth-order valence-corrected chi connectivity index (χ4v) is 0.888. The van der Waals surface area contributed by atoms with Gasteiger partial charge in [0, 0.05) is 6.42 Å². The van der Waals surface area contributed by atoms with Gasteiger partial charge in [0.1, 0.15) is 5.78 Å². The van der Waals surface area contributed by atoms with E-state index in [0.717, 1.165) is 12.8 Å². The maximum atomic E-state index is 10.7. The Hall–Kier alpha value is -1.19. The van der Waals surface area contributed by atoms with E-state index < -0.39 is 0 Å². The Morgan fingerprint density at radius 2 is 2.08 bits per heavy atom. The molecule has 66 valence electrons. The fraction of sp³-hybridized carbons (Fsp3) is 0.625. The van der Waals surface area contributed by atoms with Crippen LogP contribution in [0.5, 0.6) is 0 Å². The van der Waals surface area contributed by atoms with Crippen molar-refractivity contribution in [2.24, 2.45) is 0 Å². The number of aryl methyl sites for hydroxylation is 1. The van der Waals surface area contributed by atoms with E-state index in [9.17, 15) is 4.79 Å². The predicted octanol–water partition coefficient (Wildman–Crippen LogP) is 1.15. The van der Waals surface area contributed by atoms with E-state index in [1.807, 2.05) is 6.92 Å². The van der Waals surface area contributed by atoms with Gasteiger partial charge in [0.25, 0.3) is 0 Å². The third-order valence-electron chi connectivity index (χ3n) is 1.37. The molecule has 0 saturated heterocycles. The maximum absolute atomic E-state index is 10.7. The molecule has 0 unspecified atom stereocenters. The van der Waals surface area contributed by atoms with Gasteiger partial charge in [-0.2, -0.15) is 0 Å². The Balaban J connectivity index is 2.58. The van der Waals surface area contributed by atoms with Crippen molar-refractivity contribution >= 4 is 5.78 Å². The molecule has 0 atom stereocenters. The lowest BCUT2D eigenvalue weighted by molar-refractivity contribution is -0.116. The monoisotopic (exact) mass is 168 g/mol. The number of ketones is 1. The van der Waals surface area contributed by atoms with Crippen molar-refractivity contribution in [2.75, 3.05) is 0 Å². The second kappa shape index (κ2) is 3.99. The quantitative estimate of drug-likeness (QED) is 0.676. The number of hydrogen-bond donors (Lipinski definition) is 0. The summed E-state index contributed by atoms with van der Waals surface area (Å²) < 4.78 is 5.19. The van der Waals surface area contributed by atoms with Crippen LogP contribution in [0.15, 0.2) is 4.42 Å². The Morgan fingerprint density at radius 3 is 2.67 bits per heavy atom. The molecule has 1 aromatic heterocycles. The zero-order valence-electron chi connectivity index (χ0n) is 7.33. The van der Waals surface area contributed by atoms with Crippen LogP contribution in [0.1, 0.15) is 32.0 Å². The van der Waals surface area contributed by atoms with Crippen molar-refractivity contribution < 1.29 is 9.21 Å². The third-order valence-corrected chi connectivity index (χ3v) is 1.37. The Morgan fingerprint density at radius 1 is 1.42 bits per heavy atom. The van der Waals surface area contributed by atoms with Crippen molar-refractivity contribution in [1.29, 1.82) is 0 Å². The largest absolute Gasteiger partial charge is 0.425 e. The van der Waals surface area contributed by atoms with Crippen molar-refractivity contribution in [3.8, 4) is 0 Å². The molecule has 0 aliphatic heterocycles. The van der Waals surface area contributed by atoms with Crippen LogP contribution in [0.2, 0.25) is 0 Å². The highest BCUT2D eigenvalue weighted by Gasteiger charge is 2.06. The van der Waals surface area contributed by atoms with Crippen molar-refractivity contribution in [2.45, 2.75) is 33.1 Å². The lowest BCUT2D eigenvalue weighted by Crippen LogP contribution is -1.95. The van der Waals surface area contributed by atoms with Crippen LogP contribution in [0, 0.1) is 0 Å². The summed E-state index contributed by atoms with van der Waals surface area (Å²) >= 11 is 0. The molecule has 0 amide bonds. The lowest BCUT2D eigenvalue weighted by atomic mass is 10.3. The minimum atomic E-state index is 0.0432. The van der Waals surface area contributed by atoms with Crippen LogP contribution in [-0.2, 0) is 17.6 Å². The second-order valence-electron chi connectivity index (χ2n) is 2.72. The first kappa shape index (κ1) is 8.90. The smallest absolute Gasteiger partial charge is 0.223 e. The highest BCUT2D eigenvalue weighted by Crippen LogP contribution is 2.03. The molecular weight excluding hydrogens is 156 g/mol. The fourth-order valence-electron chi connectivity index (χ4n) is 0.888. The van der Waals surface area contributed by atoms with Gasteiger partial charge in [-0.3, -0.25) is 4.79 Å². The average molecular weight is 168 g/mol. The van der Waals surface area contributed by atoms with E-state index in [0.29, 0.717) is 11.8 Å². The first-order valence-electron chi connectivity index (χ1n) is 4.03. The molecule has 0 radical (unpaired) electrons. The van der Waals surface area contributed by atoms with Gasteiger partial charge in [0.2, 0.25) is 11.8 Å². The molecule has 0 aliphatic rings. The van der Waals surface area contributed by atoms with E-state index >= 15 is 0 Å². The molecule has 0 saturated carbocycles. The van der Waals surface area contributed by atoms with Crippen molar-refractivity contribution in [1.82, 2.24) is 10.2 Å². The second-order valence-corrected chi connectivity index (χ2v) is 2.72. The molecule has 1 rings (SSSR count). The Kier molecular flexibility index (Phi) is 2.96. The van der Waals surface area contributed by atoms with Crippen LogP contribution in [0.3, 0.4) is 0 Å². The van der Waals surface area contributed by atoms with Crippen LogP contribution in [-0.4, -0.2) is 16.0 Å².